The molecule has 2 aromatic rings. The first-order valence-corrected chi connectivity index (χ1v) is 12.0. The number of halogens is 1. The van der Waals surface area contributed by atoms with E-state index < -0.39 is 29.2 Å². The fraction of sp³-hybridized carbons (Fsp3) is 0.278. The van der Waals surface area contributed by atoms with Gasteiger partial charge in [-0.25, -0.2) is 4.79 Å². The van der Waals surface area contributed by atoms with Crippen LogP contribution in [0.15, 0.2) is 45.4 Å². The van der Waals surface area contributed by atoms with E-state index in [0.717, 1.165) is 16.0 Å². The molecule has 0 bridgehead atoms. The highest BCUT2D eigenvalue weighted by Crippen LogP contribution is 2.40. The van der Waals surface area contributed by atoms with Crippen LogP contribution in [0.5, 0.6) is 0 Å². The number of hydrogen-bond acceptors (Lipinski definition) is 10. The summed E-state index contributed by atoms with van der Waals surface area (Å²) in [6.07, 6.45) is 3.63. The maximum atomic E-state index is 12.9. The summed E-state index contributed by atoms with van der Waals surface area (Å²) in [5, 5.41) is 15.6. The number of aliphatic carboxylic acids is 1. The first-order valence-electron chi connectivity index (χ1n) is 9.36. The van der Waals surface area contributed by atoms with Gasteiger partial charge in [0.1, 0.15) is 24.2 Å². The van der Waals surface area contributed by atoms with Crippen LogP contribution in [-0.2, 0) is 25.8 Å². The number of nitrogens with one attached hydrogen (secondary N) is 1. The molecule has 4 heterocycles. The third-order valence-corrected chi connectivity index (χ3v) is 7.13. The molecule has 4 N–H and O–H groups in total. The summed E-state index contributed by atoms with van der Waals surface area (Å²) < 4.78 is 6.61. The van der Waals surface area contributed by atoms with Crippen molar-refractivity contribution in [2.45, 2.75) is 18.0 Å². The van der Waals surface area contributed by atoms with E-state index >= 15 is 0 Å². The number of carboxylic acid groups (broad SMARTS) is 1. The van der Waals surface area contributed by atoms with Gasteiger partial charge in [-0.05, 0) is 22.0 Å². The van der Waals surface area contributed by atoms with E-state index in [9.17, 15) is 19.5 Å². The van der Waals surface area contributed by atoms with Gasteiger partial charge in [0.25, 0.3) is 11.8 Å². The lowest BCUT2D eigenvalue weighted by atomic mass is 10.0. The van der Waals surface area contributed by atoms with Crippen LogP contribution in [0.1, 0.15) is 5.82 Å². The summed E-state index contributed by atoms with van der Waals surface area (Å²) in [7, 11) is 1.25. The van der Waals surface area contributed by atoms with Gasteiger partial charge in [-0.3, -0.25) is 14.5 Å². The average Bonchev–Trinajstić information content (AvgIpc) is 3.21. The summed E-state index contributed by atoms with van der Waals surface area (Å²) in [6, 6.07) is 2.75. The Morgan fingerprint density at radius 1 is 1.52 bits per heavy atom. The van der Waals surface area contributed by atoms with Crippen molar-refractivity contribution in [1.29, 1.82) is 0 Å². The fourth-order valence-electron chi connectivity index (χ4n) is 3.43. The number of rotatable bonds is 7. The highest BCUT2D eigenvalue weighted by Gasteiger charge is 2.54. The molecule has 1 saturated heterocycles. The van der Waals surface area contributed by atoms with Crippen molar-refractivity contribution in [1.82, 2.24) is 19.6 Å². The zero-order valence-corrected chi connectivity index (χ0v) is 20.2. The molecule has 15 heteroatoms. The van der Waals surface area contributed by atoms with Crippen molar-refractivity contribution < 1.29 is 28.9 Å². The second kappa shape index (κ2) is 9.44. The Morgan fingerprint density at radius 2 is 2.30 bits per heavy atom. The van der Waals surface area contributed by atoms with Gasteiger partial charge in [-0.2, -0.15) is 13.9 Å². The summed E-state index contributed by atoms with van der Waals surface area (Å²) in [4.78, 5) is 47.5. The predicted octanol–water partition coefficient (Wildman–Crippen LogP) is -0.0404. The van der Waals surface area contributed by atoms with E-state index in [-0.39, 0.29) is 22.4 Å². The number of fused-ring (bicyclic) bond motifs is 1. The Hall–Kier alpha value is -3.04. The highest BCUT2D eigenvalue weighted by molar-refractivity contribution is 9.10. The van der Waals surface area contributed by atoms with Crippen molar-refractivity contribution in [3.05, 3.63) is 46.1 Å². The third-order valence-electron chi connectivity index (χ3n) is 4.78. The van der Waals surface area contributed by atoms with Crippen LogP contribution in [0.3, 0.4) is 0 Å². The molecule has 2 aliphatic rings. The molecule has 0 radical (unpaired) electrons. The Morgan fingerprint density at radius 3 is 2.94 bits per heavy atom. The molecule has 2 atom stereocenters. The summed E-state index contributed by atoms with van der Waals surface area (Å²) >= 11 is 5.64. The van der Waals surface area contributed by atoms with Gasteiger partial charge in [0, 0.05) is 28.9 Å². The minimum Gasteiger partial charge on any atom is -0.477 e. The molecule has 2 aliphatic heterocycles. The molecule has 1 fully saturated rings. The monoisotopic (exact) mass is 554 g/mol. The van der Waals surface area contributed by atoms with Gasteiger partial charge in [0.15, 0.2) is 24.1 Å². The first-order chi connectivity index (χ1) is 15.8. The van der Waals surface area contributed by atoms with Crippen LogP contribution in [0.25, 0.3) is 0 Å². The quantitative estimate of drug-likeness (QED) is 0.184. The largest absolute Gasteiger partial charge is 0.477 e. The molecule has 172 valence electrons. The van der Waals surface area contributed by atoms with Crippen molar-refractivity contribution >= 4 is 67.9 Å². The molecule has 0 unspecified atom stereocenters. The van der Waals surface area contributed by atoms with Gasteiger partial charge in [-0.15, -0.1) is 11.8 Å². The van der Waals surface area contributed by atoms with Crippen LogP contribution in [0, 0.1) is 0 Å². The highest BCUT2D eigenvalue weighted by atomic mass is 79.9. The van der Waals surface area contributed by atoms with E-state index in [0.29, 0.717) is 17.9 Å². The Bertz CT molecular complexity index is 1200. The Balaban J connectivity index is 1.54. The summed E-state index contributed by atoms with van der Waals surface area (Å²) in [6.45, 7) is 0.309. The Kier molecular flexibility index (Phi) is 6.62. The molecule has 2 amide bonds. The van der Waals surface area contributed by atoms with Crippen LogP contribution in [-0.4, -0.2) is 67.1 Å². The molecular weight excluding hydrogens is 538 g/mol. The third kappa shape index (κ3) is 4.56. The zero-order valence-electron chi connectivity index (χ0n) is 17.0. The minimum absolute atomic E-state index is 0.0313. The molecule has 0 spiro atoms. The van der Waals surface area contributed by atoms with Crippen LogP contribution in [0.4, 0.5) is 5.13 Å². The van der Waals surface area contributed by atoms with E-state index in [1.165, 1.54) is 23.8 Å². The minimum atomic E-state index is -1.20. The molecular formula is C18H17BrN7O5S2+. The number of carbonyl (C=O) groups is 3. The Labute approximate surface area is 203 Å². The number of oxime groups is 1. The summed E-state index contributed by atoms with van der Waals surface area (Å²) in [5.74, 6) is -2.11. The molecule has 0 aromatic carbocycles. The first kappa shape index (κ1) is 23.1. The SMILES string of the molecule is CO/N=C(\C(=O)N[C@@H]1C(=O)N2C(C(=O)O)=C(C[n+]3cccc(Br)c3)CS[C@@H]12)c1nsc(N)n1. The number of amides is 2. The molecule has 33 heavy (non-hydrogen) atoms. The molecule has 2 aromatic heterocycles. The van der Waals surface area contributed by atoms with Crippen molar-refractivity contribution in [2.24, 2.45) is 5.16 Å². The van der Waals surface area contributed by atoms with Gasteiger partial charge < -0.3 is 21.0 Å². The second-order valence-corrected chi connectivity index (χ2v) is 9.70. The number of nitrogens with two attached hydrogens (primary N) is 1. The number of hydrogen-bond donors (Lipinski definition) is 3. The van der Waals surface area contributed by atoms with E-state index in [2.05, 4.69) is 35.8 Å². The number of β-lactam (4-membered cyclic amide) rings is 1. The number of thioether (sulfide) groups is 1. The zero-order chi connectivity index (χ0) is 23.7. The van der Waals surface area contributed by atoms with E-state index in [1.807, 2.05) is 29.1 Å². The van der Waals surface area contributed by atoms with Gasteiger partial charge in [-0.1, -0.05) is 5.16 Å². The van der Waals surface area contributed by atoms with Crippen LogP contribution in [0.2, 0.25) is 0 Å². The number of pyridine rings is 1. The van der Waals surface area contributed by atoms with Crippen LogP contribution >= 0.6 is 39.2 Å². The second-order valence-electron chi connectivity index (χ2n) is 6.89. The number of anilines is 1. The average molecular weight is 555 g/mol. The maximum absolute atomic E-state index is 12.9. The smallest absolute Gasteiger partial charge is 0.352 e. The number of carboxylic acids is 1. The molecule has 0 saturated carbocycles. The summed E-state index contributed by atoms with van der Waals surface area (Å²) in [5.41, 5.74) is 5.85. The van der Waals surface area contributed by atoms with Gasteiger partial charge in [0.2, 0.25) is 11.5 Å². The van der Waals surface area contributed by atoms with Crippen LogP contribution < -0.4 is 15.6 Å². The van der Waals surface area contributed by atoms with E-state index in [1.54, 1.807) is 0 Å². The number of carbonyl (C=O) groups excluding carboxylic acids is 2. The lowest BCUT2D eigenvalue weighted by Crippen LogP contribution is -2.71. The lowest BCUT2D eigenvalue weighted by Gasteiger charge is -2.49. The molecule has 4 rings (SSSR count). The van der Waals surface area contributed by atoms with Crippen molar-refractivity contribution in [3.63, 3.8) is 0 Å². The molecule has 0 aliphatic carbocycles. The maximum Gasteiger partial charge on any atom is 0.352 e. The fourth-order valence-corrected chi connectivity index (χ4v) is 5.62. The lowest BCUT2D eigenvalue weighted by molar-refractivity contribution is -0.689. The number of nitrogens with zero attached hydrogens (tertiary/aromatic N) is 5. The topological polar surface area (TPSA) is 164 Å². The van der Waals surface area contributed by atoms with Crippen molar-refractivity contribution in [3.8, 4) is 0 Å². The number of aromatic nitrogens is 3. The van der Waals surface area contributed by atoms with Crippen molar-refractivity contribution in [2.75, 3.05) is 18.6 Å². The predicted molar refractivity (Wildman–Crippen MR) is 122 cm³/mol. The van der Waals surface area contributed by atoms with Gasteiger partial charge >= 0.3 is 5.97 Å². The van der Waals surface area contributed by atoms with E-state index in [4.69, 9.17) is 10.6 Å². The molecule has 12 nitrogen and oxygen atoms in total. The standard InChI is InChI=1S/C18H16BrN7O5S2/c1-31-23-10(13-22-18(20)33-24-13)14(27)21-11-15(28)26-12(17(29)30)8(7-32-16(11)26)5-25-4-2-3-9(19)6-25/h2-4,6,11,16H,5,7H2,1H3,(H3-,20,21,22,24,27,29,30)/p+1/b23-10-/t11-,16+/m1/s1. The number of nitrogen functional groups attached to an aromatic ring is 1. The van der Waals surface area contributed by atoms with Gasteiger partial charge in [0.05, 0.1) is 4.47 Å². The normalized spacial score (nSPS) is 20.2.